The molecule has 0 saturated heterocycles. The Morgan fingerprint density at radius 2 is 0.512 bits per heavy atom. The summed E-state index contributed by atoms with van der Waals surface area (Å²) in [6.07, 6.45) is 94.9. The molecule has 0 amide bonds. The fraction of sp³-hybridized carbons (Fsp3) is 0.662. The normalized spacial score (nSPS) is 13.0. The van der Waals surface area contributed by atoms with Crippen LogP contribution in [0.5, 0.6) is 0 Å². The first-order chi connectivity index (χ1) is 39.5. The van der Waals surface area contributed by atoms with E-state index in [0.717, 1.165) is 109 Å². The van der Waals surface area contributed by atoms with Gasteiger partial charge in [0.1, 0.15) is 13.2 Å². The Morgan fingerprint density at radius 3 is 0.838 bits per heavy atom. The summed E-state index contributed by atoms with van der Waals surface area (Å²) in [6.45, 7) is 6.36. The molecule has 6 heteroatoms. The van der Waals surface area contributed by atoms with Gasteiger partial charge < -0.3 is 14.2 Å². The van der Waals surface area contributed by atoms with Gasteiger partial charge in [0, 0.05) is 19.3 Å². The molecule has 0 N–H and O–H groups in total. The molecule has 0 bridgehead atoms. The Balaban J connectivity index is 4.27. The lowest BCUT2D eigenvalue weighted by molar-refractivity contribution is -0.166. The van der Waals surface area contributed by atoms with Crippen molar-refractivity contribution in [2.45, 2.75) is 303 Å². The van der Waals surface area contributed by atoms with E-state index in [-0.39, 0.29) is 37.5 Å². The molecule has 0 saturated carbocycles. The van der Waals surface area contributed by atoms with E-state index in [4.69, 9.17) is 14.2 Å². The summed E-state index contributed by atoms with van der Waals surface area (Å²) in [7, 11) is 0. The van der Waals surface area contributed by atoms with Crippen LogP contribution in [-0.2, 0) is 28.6 Å². The quantitative estimate of drug-likeness (QED) is 0.0261. The second-order valence-corrected chi connectivity index (χ2v) is 21.6. The monoisotopic (exact) mass is 1110 g/mol. The van der Waals surface area contributed by atoms with E-state index in [1.807, 2.05) is 6.08 Å². The lowest BCUT2D eigenvalue weighted by Crippen LogP contribution is -2.30. The van der Waals surface area contributed by atoms with Crippen LogP contribution in [0.15, 0.2) is 134 Å². The maximum Gasteiger partial charge on any atom is 0.306 e. The van der Waals surface area contributed by atoms with Crippen LogP contribution in [0, 0.1) is 0 Å². The van der Waals surface area contributed by atoms with Crippen LogP contribution >= 0.6 is 0 Å². The van der Waals surface area contributed by atoms with E-state index in [1.165, 1.54) is 141 Å². The van der Waals surface area contributed by atoms with E-state index < -0.39 is 6.10 Å². The largest absolute Gasteiger partial charge is 0.462 e. The highest BCUT2D eigenvalue weighted by atomic mass is 16.6. The van der Waals surface area contributed by atoms with Crippen LogP contribution in [0.2, 0.25) is 0 Å². The Bertz CT molecular complexity index is 1700. The number of esters is 3. The van der Waals surface area contributed by atoms with Crippen molar-refractivity contribution in [3.63, 3.8) is 0 Å². The first-order valence-electron chi connectivity index (χ1n) is 33.2. The van der Waals surface area contributed by atoms with Crippen molar-refractivity contribution < 1.29 is 28.6 Å². The summed E-state index contributed by atoms with van der Waals surface area (Å²) in [5.74, 6) is -0.983. The van der Waals surface area contributed by atoms with Gasteiger partial charge in [0.05, 0.1) is 0 Å². The second kappa shape index (κ2) is 67.1. The van der Waals surface area contributed by atoms with Gasteiger partial charge in [0.25, 0.3) is 0 Å². The van der Waals surface area contributed by atoms with Crippen molar-refractivity contribution in [3.05, 3.63) is 134 Å². The van der Waals surface area contributed by atoms with Crippen LogP contribution in [0.4, 0.5) is 0 Å². The molecule has 0 aliphatic heterocycles. The van der Waals surface area contributed by atoms with Crippen LogP contribution < -0.4 is 0 Å². The molecule has 6 nitrogen and oxygen atoms in total. The first kappa shape index (κ1) is 75.5. The predicted octanol–water partition coefficient (Wildman–Crippen LogP) is 22.9. The molecule has 0 radical (unpaired) electrons. The standard InChI is InChI=1S/C74H122O6/c1-4-7-10-13-16-19-22-25-27-29-30-31-32-33-34-35-36-37-38-39-40-41-42-43-44-45-47-49-52-55-58-61-64-67-73(76)79-70-71(69-78-72(75)66-63-60-57-54-51-48-24-21-18-15-12-9-6-3)80-74(77)68-65-62-59-56-53-50-46-28-26-23-20-17-14-11-8-5-2/h7,9-10,12,16,18-19,21,25,27,30-31,33-34,36-37,39-40,48,51,57,60,71H,4-6,8,11,13-15,17,20,22-24,26,28-29,32,35,38,41-47,49-50,52-56,58-59,61-70H2,1-3H3/b10-7-,12-9-,19-16-,21-18-,27-25-,31-30-,34-33-,37-36-,40-39-,51-48-,60-57-. The van der Waals surface area contributed by atoms with Crippen LogP contribution in [0.1, 0.15) is 297 Å². The summed E-state index contributed by atoms with van der Waals surface area (Å²) in [5, 5.41) is 0. The number of carbonyl (C=O) groups is 3. The zero-order valence-corrected chi connectivity index (χ0v) is 52.0. The Hall–Kier alpha value is -4.45. The number of ether oxygens (including phenoxy) is 3. The average molecular weight is 1110 g/mol. The fourth-order valence-corrected chi connectivity index (χ4v) is 9.03. The summed E-state index contributed by atoms with van der Waals surface area (Å²) >= 11 is 0. The van der Waals surface area contributed by atoms with Crippen molar-refractivity contribution in [2.24, 2.45) is 0 Å². The molecule has 0 aromatic rings. The minimum Gasteiger partial charge on any atom is -0.462 e. The Morgan fingerprint density at radius 1 is 0.263 bits per heavy atom. The second-order valence-electron chi connectivity index (χ2n) is 21.6. The molecule has 0 aromatic carbocycles. The molecule has 1 unspecified atom stereocenters. The smallest absolute Gasteiger partial charge is 0.306 e. The number of rotatable bonds is 59. The van der Waals surface area contributed by atoms with E-state index >= 15 is 0 Å². The lowest BCUT2D eigenvalue weighted by Gasteiger charge is -2.18. The molecule has 0 aliphatic rings. The molecular formula is C74H122O6. The molecular weight excluding hydrogens is 985 g/mol. The number of carbonyl (C=O) groups excluding carboxylic acids is 3. The highest BCUT2D eigenvalue weighted by Crippen LogP contribution is 2.16. The number of hydrogen-bond acceptors (Lipinski definition) is 6. The zero-order chi connectivity index (χ0) is 57.8. The summed E-state index contributed by atoms with van der Waals surface area (Å²) < 4.78 is 16.8. The van der Waals surface area contributed by atoms with E-state index in [1.54, 1.807) is 0 Å². The molecule has 80 heavy (non-hydrogen) atoms. The minimum absolute atomic E-state index is 0.102. The third-order valence-corrected chi connectivity index (χ3v) is 13.9. The number of unbranched alkanes of at least 4 members (excludes halogenated alkanes) is 26. The topological polar surface area (TPSA) is 78.9 Å². The molecule has 0 aromatic heterocycles. The predicted molar refractivity (Wildman–Crippen MR) is 348 cm³/mol. The number of allylic oxidation sites excluding steroid dienone is 22. The van der Waals surface area contributed by atoms with Crippen molar-refractivity contribution in [1.82, 2.24) is 0 Å². The van der Waals surface area contributed by atoms with Gasteiger partial charge in [-0.05, 0) is 103 Å². The van der Waals surface area contributed by atoms with Crippen molar-refractivity contribution >= 4 is 17.9 Å². The highest BCUT2D eigenvalue weighted by Gasteiger charge is 2.19. The molecule has 0 heterocycles. The first-order valence-corrected chi connectivity index (χ1v) is 33.2. The maximum absolute atomic E-state index is 12.9. The SMILES string of the molecule is CC/C=C\C/C=C\C/C=C\C/C=C\C/C=C\C/C=C\C/C=C\CCCCCCCCCCCCCC(=O)OCC(COC(=O)CC/C=C\C/C=C\C/C=C\C/C=C\CC)OC(=O)CCCCCCCCCCCCCCCCCC. The van der Waals surface area contributed by atoms with Crippen LogP contribution in [-0.4, -0.2) is 37.2 Å². The van der Waals surface area contributed by atoms with Gasteiger partial charge in [-0.15, -0.1) is 0 Å². The van der Waals surface area contributed by atoms with Gasteiger partial charge in [-0.25, -0.2) is 0 Å². The van der Waals surface area contributed by atoms with Gasteiger partial charge >= 0.3 is 17.9 Å². The van der Waals surface area contributed by atoms with Crippen LogP contribution in [0.3, 0.4) is 0 Å². The molecule has 0 fully saturated rings. The third kappa shape index (κ3) is 64.4. The lowest BCUT2D eigenvalue weighted by atomic mass is 10.0. The molecule has 0 rings (SSSR count). The van der Waals surface area contributed by atoms with E-state index in [9.17, 15) is 14.4 Å². The van der Waals surface area contributed by atoms with Gasteiger partial charge in [0.15, 0.2) is 6.10 Å². The fourth-order valence-electron chi connectivity index (χ4n) is 9.03. The van der Waals surface area contributed by atoms with Gasteiger partial charge in [-0.3, -0.25) is 14.4 Å². The van der Waals surface area contributed by atoms with Gasteiger partial charge in [0.2, 0.25) is 0 Å². The van der Waals surface area contributed by atoms with Crippen LogP contribution in [0.25, 0.3) is 0 Å². The van der Waals surface area contributed by atoms with Crippen molar-refractivity contribution in [2.75, 3.05) is 13.2 Å². The Kier molecular flexibility index (Phi) is 63.3. The summed E-state index contributed by atoms with van der Waals surface area (Å²) in [5.41, 5.74) is 0. The molecule has 454 valence electrons. The van der Waals surface area contributed by atoms with Gasteiger partial charge in [-0.1, -0.05) is 309 Å². The molecule has 1 atom stereocenters. The minimum atomic E-state index is -0.810. The third-order valence-electron chi connectivity index (χ3n) is 13.9. The molecule has 0 aliphatic carbocycles. The zero-order valence-electron chi connectivity index (χ0n) is 52.0. The Labute approximate surface area is 494 Å². The summed E-state index contributed by atoms with van der Waals surface area (Å²) in [6, 6.07) is 0. The molecule has 0 spiro atoms. The number of hydrogen-bond donors (Lipinski definition) is 0. The van der Waals surface area contributed by atoms with Crippen molar-refractivity contribution in [3.8, 4) is 0 Å². The summed E-state index contributed by atoms with van der Waals surface area (Å²) in [4.78, 5) is 38.2. The average Bonchev–Trinajstić information content (AvgIpc) is 3.46. The van der Waals surface area contributed by atoms with Gasteiger partial charge in [-0.2, -0.15) is 0 Å². The maximum atomic E-state index is 12.9. The van der Waals surface area contributed by atoms with Crippen molar-refractivity contribution in [1.29, 1.82) is 0 Å². The van der Waals surface area contributed by atoms with E-state index in [0.29, 0.717) is 19.3 Å². The van der Waals surface area contributed by atoms with E-state index in [2.05, 4.69) is 148 Å². The highest BCUT2D eigenvalue weighted by molar-refractivity contribution is 5.71.